The van der Waals surface area contributed by atoms with E-state index in [1.165, 1.54) is 18.4 Å². The molecular formula is C16H23ClN2O2. The van der Waals surface area contributed by atoms with Crippen molar-refractivity contribution >= 4 is 11.6 Å². The molecule has 0 saturated carbocycles. The van der Waals surface area contributed by atoms with E-state index in [-0.39, 0.29) is 12.7 Å². The third-order valence-electron chi connectivity index (χ3n) is 4.28. The predicted octanol–water partition coefficient (Wildman–Crippen LogP) is 1.69. The molecule has 0 bridgehead atoms. The maximum absolute atomic E-state index is 9.27. The fourth-order valence-corrected chi connectivity index (χ4v) is 3.50. The molecule has 2 aliphatic rings. The van der Waals surface area contributed by atoms with Crippen molar-refractivity contribution in [2.75, 3.05) is 32.8 Å². The third-order valence-corrected chi connectivity index (χ3v) is 4.52. The Kier molecular flexibility index (Phi) is 5.01. The van der Waals surface area contributed by atoms with Gasteiger partial charge >= 0.3 is 0 Å². The molecule has 21 heavy (non-hydrogen) atoms. The van der Waals surface area contributed by atoms with Crippen molar-refractivity contribution in [3.63, 3.8) is 0 Å². The Bertz CT molecular complexity index is 477. The highest BCUT2D eigenvalue weighted by Crippen LogP contribution is 2.31. The number of benzene rings is 1. The van der Waals surface area contributed by atoms with Crippen LogP contribution in [-0.2, 0) is 6.42 Å². The minimum atomic E-state index is 0.159. The standard InChI is InChI=1S/C16H23ClN2O2/c17-13-3-4-16-12(8-13)9-15(21-16)11-19(6-7-20)10-14-2-1-5-18-14/h3-4,8,14-15,18,20H,1-2,5-7,9-11H2. The van der Waals surface area contributed by atoms with Crippen LogP contribution in [0.4, 0.5) is 0 Å². The first kappa shape index (κ1) is 15.1. The zero-order valence-electron chi connectivity index (χ0n) is 12.2. The normalized spacial score (nSPS) is 24.3. The number of fused-ring (bicyclic) bond motifs is 1. The van der Waals surface area contributed by atoms with Crippen molar-refractivity contribution in [3.8, 4) is 5.75 Å². The second-order valence-electron chi connectivity index (χ2n) is 5.97. The van der Waals surface area contributed by atoms with E-state index in [0.717, 1.165) is 36.8 Å². The van der Waals surface area contributed by atoms with Gasteiger partial charge in [0.1, 0.15) is 11.9 Å². The molecule has 0 radical (unpaired) electrons. The first-order valence-corrected chi connectivity index (χ1v) is 8.14. The summed E-state index contributed by atoms with van der Waals surface area (Å²) in [6.07, 6.45) is 3.53. The first-order chi connectivity index (χ1) is 10.2. The largest absolute Gasteiger partial charge is 0.488 e. The van der Waals surface area contributed by atoms with Gasteiger partial charge in [0.2, 0.25) is 0 Å². The lowest BCUT2D eigenvalue weighted by Gasteiger charge is -2.27. The van der Waals surface area contributed by atoms with Crippen molar-refractivity contribution in [2.24, 2.45) is 0 Å². The van der Waals surface area contributed by atoms with Gasteiger partial charge in [0, 0.05) is 37.1 Å². The van der Waals surface area contributed by atoms with Crippen LogP contribution < -0.4 is 10.1 Å². The lowest BCUT2D eigenvalue weighted by Crippen LogP contribution is -2.43. The average molecular weight is 311 g/mol. The highest BCUT2D eigenvalue weighted by atomic mass is 35.5. The van der Waals surface area contributed by atoms with Crippen LogP contribution in [0.15, 0.2) is 18.2 Å². The van der Waals surface area contributed by atoms with Gasteiger partial charge in [-0.2, -0.15) is 0 Å². The number of ether oxygens (including phenoxy) is 1. The van der Waals surface area contributed by atoms with E-state index >= 15 is 0 Å². The Balaban J connectivity index is 1.56. The summed E-state index contributed by atoms with van der Waals surface area (Å²) in [6, 6.07) is 6.37. The minimum Gasteiger partial charge on any atom is -0.488 e. The van der Waals surface area contributed by atoms with Crippen molar-refractivity contribution < 1.29 is 9.84 Å². The topological polar surface area (TPSA) is 44.7 Å². The molecule has 2 N–H and O–H groups in total. The van der Waals surface area contributed by atoms with E-state index in [9.17, 15) is 5.11 Å². The van der Waals surface area contributed by atoms with Gasteiger partial charge in [-0.05, 0) is 43.1 Å². The van der Waals surface area contributed by atoms with E-state index in [2.05, 4.69) is 10.2 Å². The fraction of sp³-hybridized carbons (Fsp3) is 0.625. The van der Waals surface area contributed by atoms with Gasteiger partial charge in [-0.25, -0.2) is 0 Å². The molecule has 0 amide bonds. The Labute approximate surface area is 131 Å². The lowest BCUT2D eigenvalue weighted by atomic mass is 10.1. The molecule has 0 aromatic heterocycles. The summed E-state index contributed by atoms with van der Waals surface area (Å²) in [7, 11) is 0. The molecular weight excluding hydrogens is 288 g/mol. The van der Waals surface area contributed by atoms with Crippen LogP contribution >= 0.6 is 11.6 Å². The van der Waals surface area contributed by atoms with E-state index in [1.807, 2.05) is 18.2 Å². The number of hydrogen-bond donors (Lipinski definition) is 2. The second kappa shape index (κ2) is 6.97. The molecule has 5 heteroatoms. The number of nitrogens with zero attached hydrogens (tertiary/aromatic N) is 1. The molecule has 2 aliphatic heterocycles. The average Bonchev–Trinajstić information content (AvgIpc) is 3.07. The van der Waals surface area contributed by atoms with Crippen LogP contribution in [0.3, 0.4) is 0 Å². The molecule has 1 saturated heterocycles. The van der Waals surface area contributed by atoms with Gasteiger partial charge in [0.25, 0.3) is 0 Å². The summed E-state index contributed by atoms with van der Waals surface area (Å²) in [5, 5.41) is 13.6. The maximum Gasteiger partial charge on any atom is 0.123 e. The quantitative estimate of drug-likeness (QED) is 0.839. The van der Waals surface area contributed by atoms with E-state index < -0.39 is 0 Å². The van der Waals surface area contributed by atoms with E-state index in [4.69, 9.17) is 16.3 Å². The van der Waals surface area contributed by atoms with Crippen LogP contribution in [0, 0.1) is 0 Å². The summed E-state index contributed by atoms with van der Waals surface area (Å²) in [4.78, 5) is 2.31. The fourth-order valence-electron chi connectivity index (χ4n) is 3.30. The van der Waals surface area contributed by atoms with Crippen molar-refractivity contribution in [2.45, 2.75) is 31.4 Å². The van der Waals surface area contributed by atoms with Crippen LogP contribution in [0.5, 0.6) is 5.75 Å². The van der Waals surface area contributed by atoms with Crippen LogP contribution in [0.2, 0.25) is 5.02 Å². The minimum absolute atomic E-state index is 0.159. The zero-order chi connectivity index (χ0) is 14.7. The number of nitrogens with one attached hydrogen (secondary N) is 1. The molecule has 2 unspecified atom stereocenters. The third kappa shape index (κ3) is 3.89. The lowest BCUT2D eigenvalue weighted by molar-refractivity contribution is 0.122. The monoisotopic (exact) mass is 310 g/mol. The van der Waals surface area contributed by atoms with Gasteiger partial charge < -0.3 is 15.2 Å². The van der Waals surface area contributed by atoms with E-state index in [0.29, 0.717) is 12.6 Å². The highest BCUT2D eigenvalue weighted by molar-refractivity contribution is 6.30. The SMILES string of the molecule is OCCN(CC1CCCN1)CC1Cc2cc(Cl)ccc2O1. The molecule has 0 aliphatic carbocycles. The van der Waals surface area contributed by atoms with Gasteiger partial charge in [0.15, 0.2) is 0 Å². The summed E-state index contributed by atoms with van der Waals surface area (Å²) >= 11 is 6.03. The Morgan fingerprint density at radius 1 is 1.38 bits per heavy atom. The summed E-state index contributed by atoms with van der Waals surface area (Å²) in [6.45, 7) is 3.84. The predicted molar refractivity (Wildman–Crippen MR) is 84.1 cm³/mol. The Hall–Kier alpha value is -0.810. The molecule has 1 aromatic carbocycles. The van der Waals surface area contributed by atoms with Crippen molar-refractivity contribution in [1.29, 1.82) is 0 Å². The zero-order valence-corrected chi connectivity index (χ0v) is 13.0. The van der Waals surface area contributed by atoms with Crippen LogP contribution in [0.1, 0.15) is 18.4 Å². The second-order valence-corrected chi connectivity index (χ2v) is 6.41. The summed E-state index contributed by atoms with van der Waals surface area (Å²) in [5.74, 6) is 0.951. The summed E-state index contributed by atoms with van der Waals surface area (Å²) < 4.78 is 6.00. The highest BCUT2D eigenvalue weighted by Gasteiger charge is 2.26. The Morgan fingerprint density at radius 2 is 2.29 bits per heavy atom. The van der Waals surface area contributed by atoms with Gasteiger partial charge in [0.05, 0.1) is 6.61 Å². The molecule has 1 aromatic rings. The van der Waals surface area contributed by atoms with Crippen molar-refractivity contribution in [1.82, 2.24) is 10.2 Å². The molecule has 3 rings (SSSR count). The molecule has 0 spiro atoms. The molecule has 2 heterocycles. The molecule has 2 atom stereocenters. The van der Waals surface area contributed by atoms with Crippen molar-refractivity contribution in [3.05, 3.63) is 28.8 Å². The maximum atomic E-state index is 9.27. The number of aliphatic hydroxyl groups is 1. The number of aliphatic hydroxyl groups excluding tert-OH is 1. The van der Waals surface area contributed by atoms with Gasteiger partial charge in [-0.3, -0.25) is 4.90 Å². The molecule has 116 valence electrons. The Morgan fingerprint density at radius 3 is 3.05 bits per heavy atom. The van der Waals surface area contributed by atoms with Gasteiger partial charge in [-0.15, -0.1) is 0 Å². The first-order valence-electron chi connectivity index (χ1n) is 7.76. The molecule has 1 fully saturated rings. The summed E-state index contributed by atoms with van der Waals surface area (Å²) in [5.41, 5.74) is 1.19. The smallest absolute Gasteiger partial charge is 0.123 e. The van der Waals surface area contributed by atoms with Crippen LogP contribution in [-0.4, -0.2) is 54.9 Å². The van der Waals surface area contributed by atoms with Gasteiger partial charge in [-0.1, -0.05) is 11.6 Å². The van der Waals surface area contributed by atoms with Crippen LogP contribution in [0.25, 0.3) is 0 Å². The number of rotatable bonds is 6. The number of hydrogen-bond acceptors (Lipinski definition) is 4. The number of halogens is 1. The van der Waals surface area contributed by atoms with E-state index in [1.54, 1.807) is 0 Å². The molecule has 4 nitrogen and oxygen atoms in total.